The molecule has 0 aliphatic heterocycles. The Morgan fingerprint density at radius 3 is 2.20 bits per heavy atom. The summed E-state index contributed by atoms with van der Waals surface area (Å²) < 4.78 is 71.7. The van der Waals surface area contributed by atoms with Crippen LogP contribution in [0.15, 0.2) is 53.4 Å². The predicted molar refractivity (Wildman–Crippen MR) is 107 cm³/mol. The third kappa shape index (κ3) is 6.38. The molecule has 0 aliphatic rings. The van der Waals surface area contributed by atoms with Gasteiger partial charge in [0.2, 0.25) is 0 Å². The molecule has 2 aromatic rings. The maximum Gasteiger partial charge on any atom is 0.418 e. The Bertz CT molecular complexity index is 974. The number of rotatable bonds is 8. The highest BCUT2D eigenvalue weighted by atomic mass is 32.2. The lowest BCUT2D eigenvalue weighted by molar-refractivity contribution is -0.137. The van der Waals surface area contributed by atoms with Crippen LogP contribution < -0.4 is 14.8 Å². The number of hydrogen-bond acceptors (Lipinski definition) is 4. The van der Waals surface area contributed by atoms with E-state index in [-0.39, 0.29) is 22.5 Å². The van der Waals surface area contributed by atoms with Gasteiger partial charge in [-0.2, -0.15) is 13.2 Å². The molecular formula is C20H23F3N2O4S. The number of benzene rings is 2. The van der Waals surface area contributed by atoms with Gasteiger partial charge in [-0.3, -0.25) is 9.52 Å². The molecule has 0 radical (unpaired) electrons. The fourth-order valence-electron chi connectivity index (χ4n) is 2.43. The molecule has 2 aromatic carbocycles. The van der Waals surface area contributed by atoms with Gasteiger partial charge in [0.1, 0.15) is 5.75 Å². The molecule has 2 N–H and O–H groups in total. The van der Waals surface area contributed by atoms with Crippen molar-refractivity contribution in [3.63, 3.8) is 0 Å². The highest BCUT2D eigenvalue weighted by Crippen LogP contribution is 2.35. The first-order chi connectivity index (χ1) is 13.9. The van der Waals surface area contributed by atoms with Crippen LogP contribution >= 0.6 is 0 Å². The predicted octanol–water partition coefficient (Wildman–Crippen LogP) is 4.05. The van der Waals surface area contributed by atoms with Gasteiger partial charge in [-0.1, -0.05) is 26.0 Å². The number of amides is 1. The summed E-state index contributed by atoms with van der Waals surface area (Å²) in [5.74, 6) is 0.211. The van der Waals surface area contributed by atoms with Crippen molar-refractivity contribution >= 4 is 21.6 Å². The summed E-state index contributed by atoms with van der Waals surface area (Å²) in [4.78, 5) is 11.7. The second-order valence-electron chi connectivity index (χ2n) is 7.02. The van der Waals surface area contributed by atoms with Crippen LogP contribution in [-0.2, 0) is 21.0 Å². The van der Waals surface area contributed by atoms with Crippen molar-refractivity contribution in [3.05, 3.63) is 54.1 Å². The molecule has 0 spiro atoms. The molecule has 6 nitrogen and oxygen atoms in total. The second kappa shape index (κ2) is 9.38. The fourth-order valence-corrected chi connectivity index (χ4v) is 3.51. The molecule has 0 heterocycles. The van der Waals surface area contributed by atoms with E-state index in [2.05, 4.69) is 5.32 Å². The fraction of sp³-hybridized carbons (Fsp3) is 0.350. The zero-order valence-corrected chi connectivity index (χ0v) is 17.5. The molecule has 0 aliphatic carbocycles. The summed E-state index contributed by atoms with van der Waals surface area (Å²) in [6.07, 6.45) is -5.51. The summed E-state index contributed by atoms with van der Waals surface area (Å²) in [6, 6.07) is 9.34. The van der Waals surface area contributed by atoms with Crippen molar-refractivity contribution in [1.29, 1.82) is 0 Å². The van der Waals surface area contributed by atoms with Gasteiger partial charge in [0.05, 0.1) is 16.1 Å². The van der Waals surface area contributed by atoms with Crippen molar-refractivity contribution in [2.75, 3.05) is 11.3 Å². The monoisotopic (exact) mass is 444 g/mol. The van der Waals surface area contributed by atoms with Gasteiger partial charge >= 0.3 is 6.18 Å². The minimum atomic E-state index is -4.71. The van der Waals surface area contributed by atoms with E-state index < -0.39 is 33.6 Å². The first kappa shape index (κ1) is 23.5. The first-order valence-corrected chi connectivity index (χ1v) is 10.6. The van der Waals surface area contributed by atoms with Gasteiger partial charge in [-0.15, -0.1) is 0 Å². The minimum absolute atomic E-state index is 0.247. The van der Waals surface area contributed by atoms with Gasteiger partial charge < -0.3 is 10.1 Å². The van der Waals surface area contributed by atoms with Crippen LogP contribution in [0.1, 0.15) is 26.3 Å². The van der Waals surface area contributed by atoms with E-state index >= 15 is 0 Å². The standard InChI is InChI=1S/C20H23F3N2O4S/c1-13(2)12-24-19(26)14(3)29-15-8-10-16(11-9-15)30(27,28)25-18-7-5-4-6-17(18)20(21,22)23/h4-11,13-14,25H,12H2,1-3H3,(H,24,26)/t14-/m1/s1. The number of carbonyl (C=O) groups is 1. The van der Waals surface area contributed by atoms with Gasteiger partial charge in [0, 0.05) is 6.54 Å². The molecule has 0 saturated heterocycles. The Hall–Kier alpha value is -2.75. The number of hydrogen-bond donors (Lipinski definition) is 2. The van der Waals surface area contributed by atoms with Crippen molar-refractivity contribution in [1.82, 2.24) is 5.32 Å². The number of alkyl halides is 3. The molecule has 1 amide bonds. The van der Waals surface area contributed by atoms with Gasteiger partial charge in [0.15, 0.2) is 6.10 Å². The molecule has 2 rings (SSSR count). The van der Waals surface area contributed by atoms with Crippen LogP contribution in [0.4, 0.5) is 18.9 Å². The molecule has 1 atom stereocenters. The average molecular weight is 444 g/mol. The number of carbonyl (C=O) groups excluding carboxylic acids is 1. The van der Waals surface area contributed by atoms with Crippen molar-refractivity contribution in [3.8, 4) is 5.75 Å². The molecule has 0 aromatic heterocycles. The number of sulfonamides is 1. The lowest BCUT2D eigenvalue weighted by atomic mass is 10.2. The Kier molecular flexibility index (Phi) is 7.35. The molecule has 164 valence electrons. The summed E-state index contributed by atoms with van der Waals surface area (Å²) in [7, 11) is -4.26. The summed E-state index contributed by atoms with van der Waals surface area (Å²) in [6.45, 7) is 5.95. The zero-order chi connectivity index (χ0) is 22.5. The van der Waals surface area contributed by atoms with E-state index in [0.717, 1.165) is 12.1 Å². The second-order valence-corrected chi connectivity index (χ2v) is 8.70. The molecular weight excluding hydrogens is 421 g/mol. The molecule has 30 heavy (non-hydrogen) atoms. The maximum absolute atomic E-state index is 13.1. The van der Waals surface area contributed by atoms with Crippen LogP contribution in [-0.4, -0.2) is 27.0 Å². The Morgan fingerprint density at radius 2 is 1.63 bits per heavy atom. The number of ether oxygens (including phenoxy) is 1. The number of halogens is 3. The van der Waals surface area contributed by atoms with Crippen molar-refractivity contribution in [2.24, 2.45) is 5.92 Å². The normalized spacial score (nSPS) is 13.0. The Morgan fingerprint density at radius 1 is 1.03 bits per heavy atom. The Balaban J connectivity index is 2.11. The lowest BCUT2D eigenvalue weighted by Gasteiger charge is -2.16. The van der Waals surface area contributed by atoms with Crippen LogP contribution in [0.2, 0.25) is 0 Å². The number of nitrogens with one attached hydrogen (secondary N) is 2. The van der Waals surface area contributed by atoms with Crippen molar-refractivity contribution < 1.29 is 31.1 Å². The highest BCUT2D eigenvalue weighted by Gasteiger charge is 2.34. The number of para-hydroxylation sites is 1. The molecule has 0 unspecified atom stereocenters. The SMILES string of the molecule is CC(C)CNC(=O)[C@@H](C)Oc1ccc(S(=O)(=O)Nc2ccccc2C(F)(F)F)cc1. The highest BCUT2D eigenvalue weighted by molar-refractivity contribution is 7.92. The molecule has 0 bridgehead atoms. The minimum Gasteiger partial charge on any atom is -0.481 e. The van der Waals surface area contributed by atoms with Crippen LogP contribution in [0.25, 0.3) is 0 Å². The quantitative estimate of drug-likeness (QED) is 0.644. The number of anilines is 1. The zero-order valence-electron chi connectivity index (χ0n) is 16.7. The van der Waals surface area contributed by atoms with Crippen LogP contribution in [0, 0.1) is 5.92 Å². The van der Waals surface area contributed by atoms with Gasteiger partial charge in [-0.25, -0.2) is 8.42 Å². The lowest BCUT2D eigenvalue weighted by Crippen LogP contribution is -2.38. The van der Waals surface area contributed by atoms with Crippen LogP contribution in [0.3, 0.4) is 0 Å². The molecule has 0 fully saturated rings. The third-order valence-corrected chi connectivity index (χ3v) is 5.36. The van der Waals surface area contributed by atoms with Gasteiger partial charge in [-0.05, 0) is 49.2 Å². The third-order valence-electron chi connectivity index (χ3n) is 3.98. The van der Waals surface area contributed by atoms with E-state index in [4.69, 9.17) is 4.74 Å². The summed E-state index contributed by atoms with van der Waals surface area (Å²) in [5, 5.41) is 2.72. The van der Waals surface area contributed by atoms with E-state index in [1.54, 1.807) is 6.92 Å². The summed E-state index contributed by atoms with van der Waals surface area (Å²) in [5.41, 5.74) is -1.66. The van der Waals surface area contributed by atoms with Crippen LogP contribution in [0.5, 0.6) is 5.75 Å². The Labute approximate surface area is 173 Å². The van der Waals surface area contributed by atoms with E-state index in [0.29, 0.717) is 6.54 Å². The van der Waals surface area contributed by atoms with E-state index in [1.807, 2.05) is 18.6 Å². The average Bonchev–Trinajstić information content (AvgIpc) is 2.65. The molecule has 10 heteroatoms. The first-order valence-electron chi connectivity index (χ1n) is 9.13. The largest absolute Gasteiger partial charge is 0.481 e. The van der Waals surface area contributed by atoms with Crippen molar-refractivity contribution in [2.45, 2.75) is 37.9 Å². The molecule has 0 saturated carbocycles. The van der Waals surface area contributed by atoms with Gasteiger partial charge in [0.25, 0.3) is 15.9 Å². The summed E-state index contributed by atoms with van der Waals surface area (Å²) >= 11 is 0. The smallest absolute Gasteiger partial charge is 0.418 e. The van der Waals surface area contributed by atoms with E-state index in [1.165, 1.54) is 36.4 Å². The topological polar surface area (TPSA) is 84.5 Å². The van der Waals surface area contributed by atoms with E-state index in [9.17, 15) is 26.4 Å². The maximum atomic E-state index is 13.1.